The molecule has 1 fully saturated rings. The molecule has 2 aromatic rings. The van der Waals surface area contributed by atoms with E-state index in [-0.39, 0.29) is 24.5 Å². The number of hydrogen-bond acceptors (Lipinski definition) is 4. The molecule has 3 rings (SSSR count). The first-order valence-electron chi connectivity index (χ1n) is 10.5. The maximum Gasteiger partial charge on any atom is 0.244 e. The molecule has 8 heteroatoms. The molecule has 0 spiro atoms. The summed E-state index contributed by atoms with van der Waals surface area (Å²) in [6.45, 7) is 4.51. The summed E-state index contributed by atoms with van der Waals surface area (Å²) in [5.74, 6) is -1.36. The Morgan fingerprint density at radius 3 is 2.10 bits per heavy atom. The molecule has 0 unspecified atom stereocenters. The smallest absolute Gasteiger partial charge is 0.244 e. The van der Waals surface area contributed by atoms with E-state index in [1.54, 1.807) is 0 Å². The van der Waals surface area contributed by atoms with E-state index in [4.69, 9.17) is 0 Å². The van der Waals surface area contributed by atoms with Gasteiger partial charge in [-0.3, -0.25) is 25.2 Å². The van der Waals surface area contributed by atoms with Crippen LogP contribution in [0.2, 0.25) is 0 Å². The van der Waals surface area contributed by atoms with Crippen molar-refractivity contribution in [3.8, 4) is 0 Å². The van der Waals surface area contributed by atoms with Crippen LogP contribution in [-0.4, -0.2) is 50.3 Å². The summed E-state index contributed by atoms with van der Waals surface area (Å²) in [7, 11) is 0. The summed E-state index contributed by atoms with van der Waals surface area (Å²) in [5, 5.41) is 0. The fourth-order valence-corrected chi connectivity index (χ4v) is 3.53. The topological polar surface area (TPSA) is 83.0 Å². The van der Waals surface area contributed by atoms with Gasteiger partial charge in [0.25, 0.3) is 0 Å². The molecule has 0 radical (unpaired) electrons. The highest BCUT2D eigenvalue weighted by atomic mass is 19.1. The van der Waals surface area contributed by atoms with Crippen molar-refractivity contribution in [3.63, 3.8) is 0 Å². The Morgan fingerprint density at radius 2 is 1.45 bits per heavy atom. The second-order valence-electron chi connectivity index (χ2n) is 7.60. The number of anilines is 1. The highest BCUT2D eigenvalue weighted by Crippen LogP contribution is 2.12. The first-order valence-corrected chi connectivity index (χ1v) is 10.5. The number of nitrogens with one attached hydrogen (secondary N) is 3. The predicted molar refractivity (Wildman–Crippen MR) is 115 cm³/mol. The van der Waals surface area contributed by atoms with Gasteiger partial charge in [-0.25, -0.2) is 4.39 Å². The Kier molecular flexibility index (Phi) is 8.12. The molecule has 0 atom stereocenters. The van der Waals surface area contributed by atoms with Crippen molar-refractivity contribution in [2.24, 2.45) is 0 Å². The van der Waals surface area contributed by atoms with Gasteiger partial charge in [0.15, 0.2) is 5.78 Å². The number of ketones is 1. The molecule has 31 heavy (non-hydrogen) atoms. The van der Waals surface area contributed by atoms with Crippen LogP contribution in [0.5, 0.6) is 0 Å². The van der Waals surface area contributed by atoms with E-state index in [1.807, 2.05) is 18.2 Å². The SMILES string of the molecule is O=C(CCC(=O)c1ccc(F)cc1)NNC(=O)CC[NH+]1CCN(c2ccccc2)CC1. The van der Waals surface area contributed by atoms with Gasteiger partial charge in [-0.05, 0) is 36.4 Å². The normalized spacial score (nSPS) is 14.2. The zero-order valence-corrected chi connectivity index (χ0v) is 17.4. The Bertz CT molecular complexity index is 881. The maximum absolute atomic E-state index is 12.9. The van der Waals surface area contributed by atoms with Gasteiger partial charge >= 0.3 is 0 Å². The van der Waals surface area contributed by atoms with Gasteiger partial charge in [0, 0.05) is 24.1 Å². The average Bonchev–Trinajstić information content (AvgIpc) is 2.81. The summed E-state index contributed by atoms with van der Waals surface area (Å²) in [6.07, 6.45) is 0.252. The number of nitrogens with zero attached hydrogens (tertiary/aromatic N) is 1. The van der Waals surface area contributed by atoms with Gasteiger partial charge in [0.1, 0.15) is 5.82 Å². The van der Waals surface area contributed by atoms with Crippen LogP contribution in [0.3, 0.4) is 0 Å². The van der Waals surface area contributed by atoms with Crippen LogP contribution < -0.4 is 20.7 Å². The fraction of sp³-hybridized carbons (Fsp3) is 0.348. The van der Waals surface area contributed by atoms with E-state index in [1.165, 1.54) is 34.9 Å². The summed E-state index contributed by atoms with van der Waals surface area (Å²) >= 11 is 0. The first kappa shape index (κ1) is 22.4. The molecule has 2 aromatic carbocycles. The number of piperazine rings is 1. The number of amides is 2. The van der Waals surface area contributed by atoms with Crippen molar-refractivity contribution in [2.75, 3.05) is 37.6 Å². The summed E-state index contributed by atoms with van der Waals surface area (Å²) in [4.78, 5) is 39.6. The molecule has 1 aliphatic heterocycles. The summed E-state index contributed by atoms with van der Waals surface area (Å²) in [5.41, 5.74) is 6.33. The number of benzene rings is 2. The average molecular weight is 428 g/mol. The van der Waals surface area contributed by atoms with Gasteiger partial charge in [-0.15, -0.1) is 0 Å². The monoisotopic (exact) mass is 427 g/mol. The van der Waals surface area contributed by atoms with Crippen LogP contribution in [0, 0.1) is 5.82 Å². The predicted octanol–water partition coefficient (Wildman–Crippen LogP) is 0.731. The summed E-state index contributed by atoms with van der Waals surface area (Å²) in [6, 6.07) is 15.5. The first-order chi connectivity index (χ1) is 15.0. The molecule has 0 aliphatic carbocycles. The van der Waals surface area contributed by atoms with Crippen LogP contribution in [0.1, 0.15) is 29.6 Å². The quantitative estimate of drug-likeness (QED) is 0.429. The third-order valence-corrected chi connectivity index (χ3v) is 5.38. The van der Waals surface area contributed by atoms with Gasteiger partial charge in [-0.2, -0.15) is 0 Å². The van der Waals surface area contributed by atoms with Crippen LogP contribution in [0.4, 0.5) is 10.1 Å². The Balaban J connectivity index is 1.28. The Labute approximate surface area is 181 Å². The number of quaternary nitrogens is 1. The molecule has 2 amide bonds. The molecule has 1 aliphatic rings. The highest BCUT2D eigenvalue weighted by Gasteiger charge is 2.20. The second kappa shape index (κ2) is 11.2. The summed E-state index contributed by atoms with van der Waals surface area (Å²) < 4.78 is 12.9. The number of Topliss-reactive ketones (excluding diaryl/α,β-unsaturated/α-hetero) is 1. The highest BCUT2D eigenvalue weighted by molar-refractivity contribution is 5.98. The van der Waals surface area contributed by atoms with Crippen molar-refractivity contribution in [2.45, 2.75) is 19.3 Å². The lowest BCUT2D eigenvalue weighted by atomic mass is 10.1. The van der Waals surface area contributed by atoms with Crippen molar-refractivity contribution in [3.05, 3.63) is 66.0 Å². The number of halogens is 1. The van der Waals surface area contributed by atoms with Crippen molar-refractivity contribution in [1.82, 2.24) is 10.9 Å². The Morgan fingerprint density at radius 1 is 0.839 bits per heavy atom. The molecule has 0 aromatic heterocycles. The third kappa shape index (κ3) is 7.18. The standard InChI is InChI=1S/C23H27FN4O3/c24-19-8-6-18(7-9-19)21(29)10-11-22(30)25-26-23(31)12-13-27-14-16-28(17-15-27)20-4-2-1-3-5-20/h1-9H,10-17H2,(H,25,30)(H,26,31)/p+1. The number of carbonyl (C=O) groups excluding carboxylic acids is 3. The van der Waals surface area contributed by atoms with Gasteiger partial charge in [0.05, 0.1) is 39.1 Å². The fourth-order valence-electron chi connectivity index (χ4n) is 3.53. The number of rotatable bonds is 8. The van der Waals surface area contributed by atoms with Crippen LogP contribution in [0.15, 0.2) is 54.6 Å². The van der Waals surface area contributed by atoms with Crippen molar-refractivity contribution >= 4 is 23.3 Å². The third-order valence-electron chi connectivity index (χ3n) is 5.38. The minimum atomic E-state index is -0.437. The van der Waals surface area contributed by atoms with Crippen molar-refractivity contribution in [1.29, 1.82) is 0 Å². The lowest BCUT2D eigenvalue weighted by Crippen LogP contribution is -3.15. The molecule has 0 bridgehead atoms. The molecular formula is C23H28FN4O3+. The van der Waals surface area contributed by atoms with E-state index in [0.717, 1.165) is 26.2 Å². The molecule has 3 N–H and O–H groups in total. The van der Waals surface area contributed by atoms with E-state index in [2.05, 4.69) is 27.9 Å². The largest absolute Gasteiger partial charge is 0.360 e. The van der Waals surface area contributed by atoms with Gasteiger partial charge < -0.3 is 9.80 Å². The van der Waals surface area contributed by atoms with E-state index >= 15 is 0 Å². The zero-order valence-electron chi connectivity index (χ0n) is 17.4. The van der Waals surface area contributed by atoms with E-state index < -0.39 is 11.7 Å². The van der Waals surface area contributed by atoms with Crippen molar-refractivity contribution < 1.29 is 23.7 Å². The molecule has 1 saturated heterocycles. The Hall–Kier alpha value is -3.26. The van der Waals surface area contributed by atoms with Crippen LogP contribution >= 0.6 is 0 Å². The number of hydrogen-bond donors (Lipinski definition) is 3. The molecule has 7 nitrogen and oxygen atoms in total. The second-order valence-corrected chi connectivity index (χ2v) is 7.60. The number of para-hydroxylation sites is 1. The number of carbonyl (C=O) groups is 3. The molecule has 0 saturated carbocycles. The van der Waals surface area contributed by atoms with E-state index in [0.29, 0.717) is 18.5 Å². The maximum atomic E-state index is 12.9. The minimum Gasteiger partial charge on any atom is -0.360 e. The van der Waals surface area contributed by atoms with E-state index in [9.17, 15) is 18.8 Å². The van der Waals surface area contributed by atoms with Gasteiger partial charge in [0.2, 0.25) is 11.8 Å². The molecule has 164 valence electrons. The molecule has 1 heterocycles. The van der Waals surface area contributed by atoms with Crippen LogP contribution in [0.25, 0.3) is 0 Å². The zero-order chi connectivity index (χ0) is 22.1. The molecular weight excluding hydrogens is 399 g/mol. The lowest BCUT2D eigenvalue weighted by molar-refractivity contribution is -0.900. The van der Waals surface area contributed by atoms with Crippen LogP contribution in [-0.2, 0) is 9.59 Å². The lowest BCUT2D eigenvalue weighted by Gasteiger charge is -2.33. The minimum absolute atomic E-state index is 0.0107. The van der Waals surface area contributed by atoms with Gasteiger partial charge in [-0.1, -0.05) is 18.2 Å². The number of hydrazine groups is 1.